The van der Waals surface area contributed by atoms with Gasteiger partial charge in [0, 0.05) is 24.5 Å². The van der Waals surface area contributed by atoms with Crippen molar-refractivity contribution in [3.05, 3.63) is 59.9 Å². The van der Waals surface area contributed by atoms with Gasteiger partial charge in [0.25, 0.3) is 0 Å². The van der Waals surface area contributed by atoms with Crippen LogP contribution in [0.25, 0.3) is 0 Å². The Labute approximate surface area is 157 Å². The summed E-state index contributed by atoms with van der Waals surface area (Å²) in [5.74, 6) is 1.26. The Kier molecular flexibility index (Phi) is 4.82. The van der Waals surface area contributed by atoms with E-state index >= 15 is 0 Å². The van der Waals surface area contributed by atoms with Crippen molar-refractivity contribution in [1.29, 1.82) is 0 Å². The van der Waals surface area contributed by atoms with E-state index in [1.165, 1.54) is 12.1 Å². The van der Waals surface area contributed by atoms with Crippen molar-refractivity contribution in [3.8, 4) is 0 Å². The van der Waals surface area contributed by atoms with Crippen LogP contribution in [0.1, 0.15) is 18.4 Å². The molecule has 0 amide bonds. The smallest absolute Gasteiger partial charge is 0.233 e. The van der Waals surface area contributed by atoms with Gasteiger partial charge in [-0.15, -0.1) is 0 Å². The number of benzene rings is 2. The Hall–Kier alpha value is -3.22. The molecule has 138 valence electrons. The third kappa shape index (κ3) is 4.31. The Morgan fingerprint density at radius 2 is 1.52 bits per heavy atom. The third-order valence-electron chi connectivity index (χ3n) is 4.39. The molecule has 0 radical (unpaired) electrons. The van der Waals surface area contributed by atoms with Crippen LogP contribution in [0.3, 0.4) is 0 Å². The highest BCUT2D eigenvalue weighted by molar-refractivity contribution is 5.60. The average Bonchev–Trinajstić information content (AvgIpc) is 3.18. The summed E-state index contributed by atoms with van der Waals surface area (Å²) in [5, 5.41) is 6.39. The zero-order valence-corrected chi connectivity index (χ0v) is 15.1. The van der Waals surface area contributed by atoms with Crippen molar-refractivity contribution < 1.29 is 4.39 Å². The first-order chi connectivity index (χ1) is 13.2. The summed E-state index contributed by atoms with van der Waals surface area (Å²) in [5.41, 5.74) is 2.79. The molecule has 1 aliphatic heterocycles. The molecule has 27 heavy (non-hydrogen) atoms. The molecule has 0 bridgehead atoms. The van der Waals surface area contributed by atoms with Crippen LogP contribution in [-0.2, 0) is 0 Å². The van der Waals surface area contributed by atoms with Crippen LogP contribution < -0.4 is 15.5 Å². The van der Waals surface area contributed by atoms with Gasteiger partial charge in [0.05, 0.1) is 0 Å². The largest absolute Gasteiger partial charge is 0.341 e. The van der Waals surface area contributed by atoms with Crippen LogP contribution in [0.4, 0.5) is 33.6 Å². The summed E-state index contributed by atoms with van der Waals surface area (Å²) in [7, 11) is 0. The summed E-state index contributed by atoms with van der Waals surface area (Å²) in [6.07, 6.45) is 2.26. The van der Waals surface area contributed by atoms with Crippen molar-refractivity contribution in [1.82, 2.24) is 15.0 Å². The van der Waals surface area contributed by atoms with Gasteiger partial charge in [-0.1, -0.05) is 12.1 Å². The van der Waals surface area contributed by atoms with Gasteiger partial charge in [0.2, 0.25) is 17.8 Å². The average molecular weight is 364 g/mol. The molecule has 1 saturated heterocycles. The molecule has 2 heterocycles. The van der Waals surface area contributed by atoms with E-state index in [1.807, 2.05) is 31.2 Å². The molecule has 0 atom stereocenters. The van der Waals surface area contributed by atoms with Crippen LogP contribution in [0.15, 0.2) is 48.5 Å². The summed E-state index contributed by atoms with van der Waals surface area (Å²) < 4.78 is 13.1. The maximum atomic E-state index is 13.1. The molecule has 1 aromatic heterocycles. The number of nitrogens with one attached hydrogen (secondary N) is 2. The third-order valence-corrected chi connectivity index (χ3v) is 4.39. The van der Waals surface area contributed by atoms with Crippen molar-refractivity contribution in [2.24, 2.45) is 0 Å². The molecule has 6 nitrogen and oxygen atoms in total. The zero-order chi connectivity index (χ0) is 18.6. The van der Waals surface area contributed by atoms with E-state index in [-0.39, 0.29) is 5.82 Å². The van der Waals surface area contributed by atoms with Crippen LogP contribution in [0.2, 0.25) is 0 Å². The van der Waals surface area contributed by atoms with Crippen molar-refractivity contribution in [3.63, 3.8) is 0 Å². The van der Waals surface area contributed by atoms with E-state index in [0.29, 0.717) is 17.8 Å². The van der Waals surface area contributed by atoms with Crippen LogP contribution in [-0.4, -0.2) is 28.0 Å². The summed E-state index contributed by atoms with van der Waals surface area (Å²) in [4.78, 5) is 15.8. The van der Waals surface area contributed by atoms with Crippen molar-refractivity contribution in [2.75, 3.05) is 28.6 Å². The molecule has 0 saturated carbocycles. The molecule has 3 aromatic rings. The number of anilines is 5. The van der Waals surface area contributed by atoms with E-state index in [4.69, 9.17) is 0 Å². The van der Waals surface area contributed by atoms with Gasteiger partial charge in [-0.25, -0.2) is 4.39 Å². The minimum atomic E-state index is -0.282. The van der Waals surface area contributed by atoms with E-state index in [2.05, 4.69) is 30.5 Å². The van der Waals surface area contributed by atoms with E-state index < -0.39 is 0 Å². The maximum absolute atomic E-state index is 13.1. The molecule has 0 spiro atoms. The number of hydrogen-bond acceptors (Lipinski definition) is 6. The quantitative estimate of drug-likeness (QED) is 0.699. The summed E-state index contributed by atoms with van der Waals surface area (Å²) in [6, 6.07) is 14.1. The van der Waals surface area contributed by atoms with Gasteiger partial charge in [-0.3, -0.25) is 0 Å². The number of halogens is 1. The zero-order valence-electron chi connectivity index (χ0n) is 15.1. The van der Waals surface area contributed by atoms with Gasteiger partial charge in [0.15, 0.2) is 0 Å². The molecule has 4 rings (SSSR count). The van der Waals surface area contributed by atoms with Gasteiger partial charge in [-0.2, -0.15) is 15.0 Å². The minimum Gasteiger partial charge on any atom is -0.341 e. The standard InChI is InChI=1S/C20H21FN6/c1-14-5-4-6-17(13-14)23-19-24-18(22-16-9-7-15(21)8-10-16)25-20(26-19)27-11-2-3-12-27/h4-10,13H,2-3,11-12H2,1H3,(H2,22,23,24,25,26). The monoisotopic (exact) mass is 364 g/mol. The maximum Gasteiger partial charge on any atom is 0.233 e. The second kappa shape index (κ2) is 7.57. The number of nitrogens with zero attached hydrogens (tertiary/aromatic N) is 4. The lowest BCUT2D eigenvalue weighted by atomic mass is 10.2. The summed E-state index contributed by atoms with van der Waals surface area (Å²) >= 11 is 0. The lowest BCUT2D eigenvalue weighted by molar-refractivity contribution is 0.628. The van der Waals surface area contributed by atoms with Gasteiger partial charge in [-0.05, 0) is 61.7 Å². The Bertz CT molecular complexity index is 922. The molecule has 0 unspecified atom stereocenters. The van der Waals surface area contributed by atoms with Crippen LogP contribution in [0.5, 0.6) is 0 Å². The fraction of sp³-hybridized carbons (Fsp3) is 0.250. The van der Waals surface area contributed by atoms with Gasteiger partial charge < -0.3 is 15.5 Å². The molecule has 2 aromatic carbocycles. The highest BCUT2D eigenvalue weighted by Gasteiger charge is 2.17. The topological polar surface area (TPSA) is 66.0 Å². The van der Waals surface area contributed by atoms with Gasteiger partial charge in [0.1, 0.15) is 5.82 Å². The SMILES string of the molecule is Cc1cccc(Nc2nc(Nc3ccc(F)cc3)nc(N3CCCC3)n2)c1. The number of aromatic nitrogens is 3. The lowest BCUT2D eigenvalue weighted by Crippen LogP contribution is -2.21. The first kappa shape index (κ1) is 17.2. The second-order valence-electron chi connectivity index (χ2n) is 6.60. The van der Waals surface area contributed by atoms with E-state index in [1.54, 1.807) is 12.1 Å². The van der Waals surface area contributed by atoms with Gasteiger partial charge >= 0.3 is 0 Å². The molecule has 7 heteroatoms. The highest BCUT2D eigenvalue weighted by atomic mass is 19.1. The molecular formula is C20H21FN6. The predicted octanol–water partition coefficient (Wildman–Crippen LogP) is 4.41. The number of rotatable bonds is 5. The lowest BCUT2D eigenvalue weighted by Gasteiger charge is -2.17. The number of aryl methyl sites for hydroxylation is 1. The highest BCUT2D eigenvalue weighted by Crippen LogP contribution is 2.23. The summed E-state index contributed by atoms with van der Waals surface area (Å²) in [6.45, 7) is 3.91. The molecule has 2 N–H and O–H groups in total. The van der Waals surface area contributed by atoms with Crippen molar-refractivity contribution >= 4 is 29.2 Å². The van der Waals surface area contributed by atoms with Crippen LogP contribution in [0, 0.1) is 12.7 Å². The minimum absolute atomic E-state index is 0.282. The second-order valence-corrected chi connectivity index (χ2v) is 6.60. The first-order valence-electron chi connectivity index (χ1n) is 9.03. The Morgan fingerprint density at radius 1 is 0.852 bits per heavy atom. The van der Waals surface area contributed by atoms with Crippen LogP contribution >= 0.6 is 0 Å². The Morgan fingerprint density at radius 3 is 2.19 bits per heavy atom. The molecule has 0 aliphatic carbocycles. The Balaban J connectivity index is 1.64. The van der Waals surface area contributed by atoms with Crippen molar-refractivity contribution in [2.45, 2.75) is 19.8 Å². The van der Waals surface area contributed by atoms with E-state index in [0.717, 1.165) is 42.9 Å². The predicted molar refractivity (Wildman–Crippen MR) is 105 cm³/mol. The first-order valence-corrected chi connectivity index (χ1v) is 9.03. The number of hydrogen-bond donors (Lipinski definition) is 2. The molecule has 1 fully saturated rings. The normalized spacial score (nSPS) is 13.6. The molecule has 1 aliphatic rings. The fourth-order valence-corrected chi connectivity index (χ4v) is 3.05. The fourth-order valence-electron chi connectivity index (χ4n) is 3.05. The van der Waals surface area contributed by atoms with E-state index in [9.17, 15) is 4.39 Å². The molecular weight excluding hydrogens is 343 g/mol.